The largest absolute Gasteiger partial charge is 0.433 e. The van der Waals surface area contributed by atoms with Gasteiger partial charge in [-0.1, -0.05) is 6.08 Å². The Kier molecular flexibility index (Phi) is 2.97. The van der Waals surface area contributed by atoms with Gasteiger partial charge >= 0.3 is 6.18 Å². The van der Waals surface area contributed by atoms with Crippen molar-refractivity contribution in [1.82, 2.24) is 9.97 Å². The van der Waals surface area contributed by atoms with Gasteiger partial charge in [-0.15, -0.1) is 6.58 Å². The summed E-state index contributed by atoms with van der Waals surface area (Å²) in [5, 5.41) is 0. The number of nitrogens with zero attached hydrogens (tertiary/aromatic N) is 1. The summed E-state index contributed by atoms with van der Waals surface area (Å²) < 4.78 is 37.4. The van der Waals surface area contributed by atoms with Gasteiger partial charge < -0.3 is 4.98 Å². The first-order chi connectivity index (χ1) is 6.86. The van der Waals surface area contributed by atoms with Crippen molar-refractivity contribution in [1.29, 1.82) is 0 Å². The van der Waals surface area contributed by atoms with Gasteiger partial charge in [-0.3, -0.25) is 4.79 Å². The number of rotatable bonds is 2. The SMILES string of the molecule is C=CCc1c(C(F)(F)F)nc(C)[nH]c1=O. The third-order valence-corrected chi connectivity index (χ3v) is 1.75. The maximum Gasteiger partial charge on any atom is 0.433 e. The summed E-state index contributed by atoms with van der Waals surface area (Å²) in [7, 11) is 0. The number of halogens is 3. The molecule has 1 heterocycles. The van der Waals surface area contributed by atoms with E-state index in [0.29, 0.717) is 0 Å². The molecule has 0 aliphatic carbocycles. The number of aromatic amines is 1. The van der Waals surface area contributed by atoms with Crippen molar-refractivity contribution in [2.75, 3.05) is 0 Å². The Morgan fingerprint density at radius 2 is 2.13 bits per heavy atom. The van der Waals surface area contributed by atoms with Gasteiger partial charge in [0.25, 0.3) is 5.56 Å². The monoisotopic (exact) mass is 218 g/mol. The molecular formula is C9H9F3N2O. The smallest absolute Gasteiger partial charge is 0.311 e. The average molecular weight is 218 g/mol. The number of nitrogens with one attached hydrogen (secondary N) is 1. The normalized spacial score (nSPS) is 11.5. The van der Waals surface area contributed by atoms with Gasteiger partial charge in [0.1, 0.15) is 5.82 Å². The molecule has 15 heavy (non-hydrogen) atoms. The summed E-state index contributed by atoms with van der Waals surface area (Å²) in [6, 6.07) is 0. The molecule has 0 atom stereocenters. The molecule has 1 rings (SSSR count). The molecule has 0 amide bonds. The highest BCUT2D eigenvalue weighted by Crippen LogP contribution is 2.29. The summed E-state index contributed by atoms with van der Waals surface area (Å²) >= 11 is 0. The van der Waals surface area contributed by atoms with Crippen LogP contribution in [-0.4, -0.2) is 9.97 Å². The maximum absolute atomic E-state index is 12.5. The molecule has 3 nitrogen and oxygen atoms in total. The summed E-state index contributed by atoms with van der Waals surface area (Å²) in [5.41, 5.74) is -2.30. The number of hydrogen-bond acceptors (Lipinski definition) is 2. The minimum atomic E-state index is -4.61. The van der Waals surface area contributed by atoms with E-state index in [2.05, 4.69) is 16.5 Å². The van der Waals surface area contributed by atoms with Gasteiger partial charge in [-0.2, -0.15) is 13.2 Å². The van der Waals surface area contributed by atoms with Crippen LogP contribution in [-0.2, 0) is 12.6 Å². The molecule has 0 unspecified atom stereocenters. The van der Waals surface area contributed by atoms with E-state index >= 15 is 0 Å². The Balaban J connectivity index is 3.47. The first kappa shape index (κ1) is 11.5. The van der Waals surface area contributed by atoms with Crippen LogP contribution >= 0.6 is 0 Å². The summed E-state index contributed by atoms with van der Waals surface area (Å²) in [5.74, 6) is -0.0554. The molecule has 82 valence electrons. The van der Waals surface area contributed by atoms with Crippen molar-refractivity contribution in [3.05, 3.63) is 40.1 Å². The number of H-pyrrole nitrogens is 1. The van der Waals surface area contributed by atoms with E-state index in [4.69, 9.17) is 0 Å². The minimum absolute atomic E-state index is 0.0554. The first-order valence-corrected chi connectivity index (χ1v) is 4.14. The summed E-state index contributed by atoms with van der Waals surface area (Å²) in [6.45, 7) is 4.59. The van der Waals surface area contributed by atoms with Crippen LogP contribution < -0.4 is 5.56 Å². The van der Waals surface area contributed by atoms with Crippen LogP contribution in [0.2, 0.25) is 0 Å². The zero-order chi connectivity index (χ0) is 11.6. The number of allylic oxidation sites excluding steroid dienone is 1. The highest BCUT2D eigenvalue weighted by molar-refractivity contribution is 5.22. The van der Waals surface area contributed by atoms with E-state index in [1.807, 2.05) is 0 Å². The summed E-state index contributed by atoms with van der Waals surface area (Å²) in [4.78, 5) is 16.8. The van der Waals surface area contributed by atoms with Gasteiger partial charge in [0, 0.05) is 0 Å². The zero-order valence-corrected chi connectivity index (χ0v) is 7.98. The van der Waals surface area contributed by atoms with Crippen molar-refractivity contribution in [3.8, 4) is 0 Å². The molecule has 0 aliphatic heterocycles. The van der Waals surface area contributed by atoms with Crippen LogP contribution in [0.3, 0.4) is 0 Å². The van der Waals surface area contributed by atoms with Crippen LogP contribution in [0.15, 0.2) is 17.4 Å². The molecule has 0 saturated carbocycles. The fraction of sp³-hybridized carbons (Fsp3) is 0.333. The van der Waals surface area contributed by atoms with Crippen molar-refractivity contribution in [2.24, 2.45) is 0 Å². The second kappa shape index (κ2) is 3.88. The minimum Gasteiger partial charge on any atom is -0.311 e. The third kappa shape index (κ3) is 2.45. The van der Waals surface area contributed by atoms with Gasteiger partial charge in [0.15, 0.2) is 5.69 Å². The van der Waals surface area contributed by atoms with E-state index in [1.165, 1.54) is 13.0 Å². The van der Waals surface area contributed by atoms with Crippen molar-refractivity contribution >= 4 is 0 Å². The Hall–Kier alpha value is -1.59. The average Bonchev–Trinajstić information content (AvgIpc) is 2.07. The Morgan fingerprint density at radius 3 is 2.60 bits per heavy atom. The Bertz CT molecular complexity index is 434. The maximum atomic E-state index is 12.5. The van der Waals surface area contributed by atoms with Crippen molar-refractivity contribution in [2.45, 2.75) is 19.5 Å². The topological polar surface area (TPSA) is 45.8 Å². The lowest BCUT2D eigenvalue weighted by atomic mass is 10.1. The molecule has 6 heteroatoms. The quantitative estimate of drug-likeness (QED) is 0.769. The van der Waals surface area contributed by atoms with Gasteiger partial charge in [-0.25, -0.2) is 4.98 Å². The number of hydrogen-bond donors (Lipinski definition) is 1. The molecule has 0 spiro atoms. The van der Waals surface area contributed by atoms with Crippen molar-refractivity contribution < 1.29 is 13.2 Å². The number of aryl methyl sites for hydroxylation is 1. The number of aromatic nitrogens is 2. The molecule has 0 bridgehead atoms. The van der Waals surface area contributed by atoms with Gasteiger partial charge in [-0.05, 0) is 13.3 Å². The van der Waals surface area contributed by atoms with Crippen LogP contribution in [0.5, 0.6) is 0 Å². The molecule has 0 aromatic carbocycles. The fourth-order valence-electron chi connectivity index (χ4n) is 1.18. The van der Waals surface area contributed by atoms with Crippen LogP contribution in [0, 0.1) is 6.92 Å². The molecule has 0 aliphatic rings. The van der Waals surface area contributed by atoms with E-state index in [0.717, 1.165) is 0 Å². The third-order valence-electron chi connectivity index (χ3n) is 1.75. The van der Waals surface area contributed by atoms with E-state index in [9.17, 15) is 18.0 Å². The standard InChI is InChI=1S/C9H9F3N2O/c1-3-4-6-7(9(10,11)12)13-5(2)14-8(6)15/h3H,1,4H2,2H3,(H,13,14,15). The number of alkyl halides is 3. The predicted octanol–water partition coefficient (Wildman–Crippen LogP) is 1.83. The first-order valence-electron chi connectivity index (χ1n) is 4.14. The lowest BCUT2D eigenvalue weighted by Crippen LogP contribution is -2.23. The molecule has 0 saturated heterocycles. The Labute approximate surface area is 83.7 Å². The van der Waals surface area contributed by atoms with Crippen LogP contribution in [0.25, 0.3) is 0 Å². The Morgan fingerprint density at radius 1 is 1.53 bits per heavy atom. The molecule has 1 N–H and O–H groups in total. The lowest BCUT2D eigenvalue weighted by molar-refractivity contribution is -0.142. The van der Waals surface area contributed by atoms with Gasteiger partial charge in [0.2, 0.25) is 0 Å². The lowest BCUT2D eigenvalue weighted by Gasteiger charge is -2.10. The highest BCUT2D eigenvalue weighted by atomic mass is 19.4. The zero-order valence-electron chi connectivity index (χ0n) is 7.98. The van der Waals surface area contributed by atoms with E-state index < -0.39 is 23.0 Å². The molecule has 0 fully saturated rings. The van der Waals surface area contributed by atoms with E-state index in [-0.39, 0.29) is 12.2 Å². The molecule has 1 aromatic heterocycles. The molecule has 0 radical (unpaired) electrons. The predicted molar refractivity (Wildman–Crippen MR) is 48.5 cm³/mol. The van der Waals surface area contributed by atoms with Crippen molar-refractivity contribution in [3.63, 3.8) is 0 Å². The second-order valence-corrected chi connectivity index (χ2v) is 2.97. The van der Waals surface area contributed by atoms with Crippen LogP contribution in [0.4, 0.5) is 13.2 Å². The molecular weight excluding hydrogens is 209 g/mol. The summed E-state index contributed by atoms with van der Waals surface area (Å²) in [6.07, 6.45) is -3.54. The van der Waals surface area contributed by atoms with Crippen LogP contribution in [0.1, 0.15) is 17.1 Å². The van der Waals surface area contributed by atoms with E-state index in [1.54, 1.807) is 0 Å². The highest BCUT2D eigenvalue weighted by Gasteiger charge is 2.36. The fourth-order valence-corrected chi connectivity index (χ4v) is 1.18. The van der Waals surface area contributed by atoms with Gasteiger partial charge in [0.05, 0.1) is 5.56 Å². The molecule has 1 aromatic rings. The second-order valence-electron chi connectivity index (χ2n) is 2.97.